The summed E-state index contributed by atoms with van der Waals surface area (Å²) in [4.78, 5) is 105. The largest absolute Gasteiger partial charge is 0.467 e. The number of likely N-dealkylation sites (tertiary alicyclic amines) is 1. The summed E-state index contributed by atoms with van der Waals surface area (Å²) < 4.78 is 4.85. The monoisotopic (exact) mass is 827 g/mol. The minimum atomic E-state index is -1.49. The lowest BCUT2D eigenvalue weighted by Gasteiger charge is -2.33. The first-order chi connectivity index (χ1) is 27.1. The topological polar surface area (TPSA) is 288 Å². The number of primary amides is 1. The molecule has 0 spiro atoms. The third-order valence-corrected chi connectivity index (χ3v) is 10.1. The Morgan fingerprint density at radius 3 is 1.83 bits per heavy atom. The lowest BCUT2D eigenvalue weighted by atomic mass is 9.96. The standard InChI is InChI=1S/C39H70N8O11/c1-11-23(8)33(38(56)45-32(22(6)7)39(57)58-10)46-37(55)29-13-12-14-47(29)18-30(50)25(15-20(2)3)42-35(53)27(17-31(40)51)44-34(52)26(16-21(4)5)43-36(54)28(19-48)41-24(9)49/h20-23,25-30,32-33,48,50H,11-19H2,1-10H3,(H2,40,51)(H,41,49)(H,42,53)(H,43,54)(H,44,52)(H,45,56)(H,46,55)/t23?,25?,26-,27-,28-,29-,30?,32-,33-/m0/s1. The molecule has 10 N–H and O–H groups in total. The zero-order chi connectivity index (χ0) is 44.4. The summed E-state index contributed by atoms with van der Waals surface area (Å²) in [7, 11) is 1.23. The number of aliphatic hydroxyl groups is 2. The number of esters is 1. The molecule has 1 fully saturated rings. The zero-order valence-electron chi connectivity index (χ0n) is 35.9. The second-order valence-corrected chi connectivity index (χ2v) is 16.4. The number of nitrogens with two attached hydrogens (primary N) is 1. The smallest absolute Gasteiger partial charge is 0.328 e. The Hall–Kier alpha value is -4.36. The molecule has 1 aliphatic heterocycles. The van der Waals surface area contributed by atoms with Crippen molar-refractivity contribution < 1.29 is 53.3 Å². The highest BCUT2D eigenvalue weighted by atomic mass is 16.5. The van der Waals surface area contributed by atoms with Crippen LogP contribution in [0.1, 0.15) is 101 Å². The Balaban J connectivity index is 3.23. The average molecular weight is 827 g/mol. The number of β-amino-alcohol motifs (C(OH)–C–C–N with tert-alkyl or cyclic N) is 1. The zero-order valence-corrected chi connectivity index (χ0v) is 35.9. The molecule has 19 heteroatoms. The molecule has 0 bridgehead atoms. The highest BCUT2D eigenvalue weighted by Gasteiger charge is 2.39. The van der Waals surface area contributed by atoms with Gasteiger partial charge in [-0.15, -0.1) is 0 Å². The second kappa shape index (κ2) is 25.2. The molecule has 7 amide bonds. The lowest BCUT2D eigenvalue weighted by molar-refractivity contribution is -0.147. The fourth-order valence-corrected chi connectivity index (χ4v) is 6.73. The summed E-state index contributed by atoms with van der Waals surface area (Å²) in [5.41, 5.74) is 5.46. The number of aliphatic hydroxyl groups excluding tert-OH is 2. The average Bonchev–Trinajstić information content (AvgIpc) is 3.60. The molecule has 58 heavy (non-hydrogen) atoms. The summed E-state index contributed by atoms with van der Waals surface area (Å²) in [6.07, 6.45) is 0.174. The van der Waals surface area contributed by atoms with Crippen LogP contribution in [0, 0.1) is 23.7 Å². The van der Waals surface area contributed by atoms with E-state index in [1.165, 1.54) is 7.11 Å². The maximum Gasteiger partial charge on any atom is 0.328 e. The molecule has 9 atom stereocenters. The van der Waals surface area contributed by atoms with Crippen molar-refractivity contribution in [2.75, 3.05) is 26.8 Å². The van der Waals surface area contributed by atoms with Crippen LogP contribution in [0.25, 0.3) is 0 Å². The molecular formula is C39H70N8O11. The number of nitrogens with one attached hydrogen (secondary N) is 6. The molecule has 0 aliphatic carbocycles. The SMILES string of the molecule is CCC(C)[C@H](NC(=O)[C@@H]1CCCN1CC(O)C(CC(C)C)NC(=O)[C@H](CC(N)=O)NC(=O)[C@H](CC(C)C)NC(=O)[C@H](CO)NC(C)=O)C(=O)N[C@H](C(=O)OC)C(C)C. The van der Waals surface area contributed by atoms with Gasteiger partial charge in [0.25, 0.3) is 0 Å². The molecule has 1 rings (SSSR count). The van der Waals surface area contributed by atoms with Gasteiger partial charge >= 0.3 is 5.97 Å². The van der Waals surface area contributed by atoms with Crippen LogP contribution in [0.15, 0.2) is 0 Å². The van der Waals surface area contributed by atoms with Gasteiger partial charge in [0, 0.05) is 13.5 Å². The first-order valence-electron chi connectivity index (χ1n) is 20.2. The first kappa shape index (κ1) is 51.7. The van der Waals surface area contributed by atoms with Gasteiger partial charge in [-0.3, -0.25) is 38.5 Å². The van der Waals surface area contributed by atoms with E-state index in [-0.39, 0.29) is 43.1 Å². The van der Waals surface area contributed by atoms with E-state index in [4.69, 9.17) is 10.5 Å². The lowest BCUT2D eigenvalue weighted by Crippen LogP contribution is -2.60. The van der Waals surface area contributed by atoms with E-state index < -0.39 is 109 Å². The number of ether oxygens (including phenoxy) is 1. The van der Waals surface area contributed by atoms with E-state index in [1.807, 2.05) is 27.7 Å². The van der Waals surface area contributed by atoms with Gasteiger partial charge in [-0.05, 0) is 55.9 Å². The number of rotatable bonds is 25. The maximum atomic E-state index is 13.8. The van der Waals surface area contributed by atoms with Crippen molar-refractivity contribution in [2.45, 2.75) is 149 Å². The van der Waals surface area contributed by atoms with Crippen LogP contribution >= 0.6 is 0 Å². The summed E-state index contributed by atoms with van der Waals surface area (Å²) in [6.45, 7) is 15.4. The third kappa shape index (κ3) is 17.2. The quantitative estimate of drug-likeness (QED) is 0.0480. The molecule has 1 heterocycles. The fourth-order valence-electron chi connectivity index (χ4n) is 6.73. The summed E-state index contributed by atoms with van der Waals surface area (Å²) >= 11 is 0. The van der Waals surface area contributed by atoms with E-state index in [1.54, 1.807) is 32.6 Å². The van der Waals surface area contributed by atoms with Crippen LogP contribution < -0.4 is 37.6 Å². The molecule has 0 aromatic heterocycles. The number of amides is 7. The molecule has 3 unspecified atom stereocenters. The van der Waals surface area contributed by atoms with E-state index in [2.05, 4.69) is 31.9 Å². The fraction of sp³-hybridized carbons (Fsp3) is 0.795. The first-order valence-corrected chi connectivity index (χ1v) is 20.2. The molecule has 1 aliphatic rings. The molecule has 19 nitrogen and oxygen atoms in total. The number of methoxy groups -OCH3 is 1. The number of hydrogen-bond acceptors (Lipinski definition) is 12. The van der Waals surface area contributed by atoms with Crippen LogP contribution in [0.3, 0.4) is 0 Å². The highest BCUT2D eigenvalue weighted by Crippen LogP contribution is 2.21. The molecule has 332 valence electrons. The predicted molar refractivity (Wildman–Crippen MR) is 214 cm³/mol. The van der Waals surface area contributed by atoms with Crippen molar-refractivity contribution >= 4 is 47.3 Å². The number of carbonyl (C=O) groups is 8. The van der Waals surface area contributed by atoms with Crippen LogP contribution in [-0.2, 0) is 43.1 Å². The van der Waals surface area contributed by atoms with Gasteiger partial charge < -0.3 is 52.6 Å². The van der Waals surface area contributed by atoms with E-state index >= 15 is 0 Å². The molecule has 0 aromatic carbocycles. The van der Waals surface area contributed by atoms with Gasteiger partial charge in [-0.25, -0.2) is 4.79 Å². The molecule has 0 aromatic rings. The summed E-state index contributed by atoms with van der Waals surface area (Å²) in [6, 6.07) is -7.52. The second-order valence-electron chi connectivity index (χ2n) is 16.4. The van der Waals surface area contributed by atoms with Crippen LogP contribution in [0.2, 0.25) is 0 Å². The van der Waals surface area contributed by atoms with Gasteiger partial charge in [0.2, 0.25) is 41.4 Å². The van der Waals surface area contributed by atoms with Crippen molar-refractivity contribution in [3.05, 3.63) is 0 Å². The van der Waals surface area contributed by atoms with Crippen molar-refractivity contribution in [2.24, 2.45) is 29.4 Å². The van der Waals surface area contributed by atoms with Crippen LogP contribution in [0.4, 0.5) is 0 Å². The Kier molecular flexibility index (Phi) is 22.4. The highest BCUT2D eigenvalue weighted by molar-refractivity contribution is 5.96. The van der Waals surface area contributed by atoms with E-state index in [0.717, 1.165) is 6.92 Å². The van der Waals surface area contributed by atoms with Gasteiger partial charge in [-0.2, -0.15) is 0 Å². The van der Waals surface area contributed by atoms with E-state index in [9.17, 15) is 48.6 Å². The predicted octanol–water partition coefficient (Wildman–Crippen LogP) is -1.42. The summed E-state index contributed by atoms with van der Waals surface area (Å²) in [5.74, 6) is -6.22. The number of hydrogen-bond donors (Lipinski definition) is 9. The minimum Gasteiger partial charge on any atom is -0.467 e. The number of carbonyl (C=O) groups excluding carboxylic acids is 8. The van der Waals surface area contributed by atoms with Gasteiger partial charge in [-0.1, -0.05) is 61.8 Å². The Labute approximate surface area is 342 Å². The van der Waals surface area contributed by atoms with Gasteiger partial charge in [0.1, 0.15) is 30.2 Å². The van der Waals surface area contributed by atoms with Gasteiger partial charge in [0.05, 0.1) is 38.3 Å². The minimum absolute atomic E-state index is 0.0371. The third-order valence-electron chi connectivity index (χ3n) is 10.1. The molecule has 0 radical (unpaired) electrons. The Morgan fingerprint density at radius 1 is 0.759 bits per heavy atom. The van der Waals surface area contributed by atoms with Crippen LogP contribution in [-0.4, -0.2) is 138 Å². The molecule has 1 saturated heterocycles. The molecule has 0 saturated carbocycles. The van der Waals surface area contributed by atoms with Crippen molar-refractivity contribution in [1.29, 1.82) is 0 Å². The van der Waals surface area contributed by atoms with Crippen molar-refractivity contribution in [3.63, 3.8) is 0 Å². The van der Waals surface area contributed by atoms with Crippen molar-refractivity contribution in [3.8, 4) is 0 Å². The van der Waals surface area contributed by atoms with Gasteiger partial charge in [0.15, 0.2) is 0 Å². The number of nitrogens with zero attached hydrogens (tertiary/aromatic N) is 1. The summed E-state index contributed by atoms with van der Waals surface area (Å²) in [5, 5.41) is 36.8. The maximum absolute atomic E-state index is 13.8. The molecular weight excluding hydrogens is 756 g/mol. The normalized spacial score (nSPS) is 18.5. The van der Waals surface area contributed by atoms with Crippen molar-refractivity contribution in [1.82, 2.24) is 36.8 Å². The Morgan fingerprint density at radius 2 is 1.33 bits per heavy atom. The van der Waals surface area contributed by atoms with Crippen LogP contribution in [0.5, 0.6) is 0 Å². The Bertz CT molecular complexity index is 1410. The van der Waals surface area contributed by atoms with E-state index in [0.29, 0.717) is 25.8 Å².